The van der Waals surface area contributed by atoms with Crippen molar-refractivity contribution in [3.05, 3.63) is 29.8 Å². The van der Waals surface area contributed by atoms with Crippen molar-refractivity contribution in [3.63, 3.8) is 0 Å². The summed E-state index contributed by atoms with van der Waals surface area (Å²) in [5, 5.41) is 10.8. The molecule has 1 aromatic carbocycles. The summed E-state index contributed by atoms with van der Waals surface area (Å²) in [6.07, 6.45) is 3.27. The molecule has 1 amide bonds. The molecule has 118 valence electrons. The molecule has 2 N–H and O–H groups in total. The summed E-state index contributed by atoms with van der Waals surface area (Å²) in [6.45, 7) is 2.46. The monoisotopic (exact) mass is 294 g/mol. The Balaban J connectivity index is 2.14. The van der Waals surface area contributed by atoms with Crippen LogP contribution in [-0.2, 0) is 6.54 Å². The van der Waals surface area contributed by atoms with Crippen LogP contribution in [0, 0.1) is 0 Å². The second-order valence-corrected chi connectivity index (χ2v) is 5.20. The quantitative estimate of drug-likeness (QED) is 0.651. The van der Waals surface area contributed by atoms with E-state index in [2.05, 4.69) is 23.3 Å². The van der Waals surface area contributed by atoms with E-state index >= 15 is 0 Å². The van der Waals surface area contributed by atoms with Crippen LogP contribution in [0.15, 0.2) is 24.3 Å². The number of hydrogen-bond acceptors (Lipinski definition) is 3. The summed E-state index contributed by atoms with van der Waals surface area (Å²) in [7, 11) is 3.81. The van der Waals surface area contributed by atoms with Crippen molar-refractivity contribution < 1.29 is 14.6 Å². The smallest absolute Gasteiger partial charge is 0.404 e. The third-order valence-corrected chi connectivity index (χ3v) is 3.38. The van der Waals surface area contributed by atoms with Gasteiger partial charge in [-0.05, 0) is 32.5 Å². The molecule has 0 bridgehead atoms. The lowest BCUT2D eigenvalue weighted by molar-refractivity contribution is 0.194. The van der Waals surface area contributed by atoms with Crippen molar-refractivity contribution in [3.8, 4) is 5.75 Å². The minimum absolute atomic E-state index is 0.548. The first kappa shape index (κ1) is 17.3. The number of hydrogen-bond donors (Lipinski definition) is 2. The van der Waals surface area contributed by atoms with Crippen LogP contribution < -0.4 is 10.1 Å². The molecule has 0 radical (unpaired) electrons. The van der Waals surface area contributed by atoms with Crippen LogP contribution in [0.25, 0.3) is 0 Å². The molecule has 0 unspecified atom stereocenters. The van der Waals surface area contributed by atoms with E-state index in [-0.39, 0.29) is 0 Å². The number of amides is 1. The second-order valence-electron chi connectivity index (χ2n) is 5.20. The number of benzene rings is 1. The van der Waals surface area contributed by atoms with E-state index in [1.54, 1.807) is 7.11 Å². The van der Waals surface area contributed by atoms with Gasteiger partial charge in [0, 0.05) is 18.7 Å². The minimum Gasteiger partial charge on any atom is -0.496 e. The van der Waals surface area contributed by atoms with Crippen molar-refractivity contribution in [2.75, 3.05) is 27.2 Å². The second kappa shape index (κ2) is 10.0. The van der Waals surface area contributed by atoms with E-state index in [0.29, 0.717) is 6.54 Å². The van der Waals surface area contributed by atoms with Crippen molar-refractivity contribution in [1.29, 1.82) is 0 Å². The molecule has 0 saturated carbocycles. The van der Waals surface area contributed by atoms with Gasteiger partial charge in [0.2, 0.25) is 0 Å². The lowest BCUT2D eigenvalue weighted by Crippen LogP contribution is -2.22. The number of ether oxygens (including phenoxy) is 1. The minimum atomic E-state index is -0.938. The molecule has 0 heterocycles. The van der Waals surface area contributed by atoms with E-state index in [1.807, 2.05) is 18.2 Å². The Hall–Kier alpha value is -1.75. The number of nitrogens with zero attached hydrogens (tertiary/aromatic N) is 1. The van der Waals surface area contributed by atoms with Gasteiger partial charge in [-0.3, -0.25) is 0 Å². The van der Waals surface area contributed by atoms with Crippen molar-refractivity contribution in [2.45, 2.75) is 32.2 Å². The predicted octanol–water partition coefficient (Wildman–Crippen LogP) is 2.96. The maximum absolute atomic E-state index is 10.3. The molecule has 1 aromatic rings. The van der Waals surface area contributed by atoms with E-state index < -0.39 is 6.09 Å². The highest BCUT2D eigenvalue weighted by Crippen LogP contribution is 2.18. The van der Waals surface area contributed by atoms with E-state index in [9.17, 15) is 4.79 Å². The van der Waals surface area contributed by atoms with Crippen LogP contribution in [-0.4, -0.2) is 43.3 Å². The van der Waals surface area contributed by atoms with Gasteiger partial charge >= 0.3 is 6.09 Å². The molecule has 0 aliphatic carbocycles. The van der Waals surface area contributed by atoms with E-state index in [0.717, 1.165) is 44.5 Å². The van der Waals surface area contributed by atoms with E-state index in [1.165, 1.54) is 5.56 Å². The SMILES string of the molecule is COc1ccccc1CN(C)CCCCCCNC(=O)O. The number of methoxy groups -OCH3 is 1. The van der Waals surface area contributed by atoms with Crippen molar-refractivity contribution in [1.82, 2.24) is 10.2 Å². The number of carboxylic acid groups (broad SMARTS) is 1. The molecule has 0 atom stereocenters. The summed E-state index contributed by atoms with van der Waals surface area (Å²) in [5.74, 6) is 0.934. The normalized spacial score (nSPS) is 10.6. The lowest BCUT2D eigenvalue weighted by Gasteiger charge is -2.18. The van der Waals surface area contributed by atoms with Crippen LogP contribution in [0.4, 0.5) is 4.79 Å². The molecular weight excluding hydrogens is 268 g/mol. The maximum atomic E-state index is 10.3. The zero-order valence-electron chi connectivity index (χ0n) is 13.0. The molecule has 1 rings (SSSR count). The zero-order chi connectivity index (χ0) is 15.5. The lowest BCUT2D eigenvalue weighted by atomic mass is 10.1. The Morgan fingerprint density at radius 3 is 2.67 bits per heavy atom. The highest BCUT2D eigenvalue weighted by molar-refractivity contribution is 5.64. The van der Waals surface area contributed by atoms with Gasteiger partial charge in [-0.25, -0.2) is 4.79 Å². The molecule has 0 fully saturated rings. The summed E-state index contributed by atoms with van der Waals surface area (Å²) in [4.78, 5) is 12.6. The van der Waals surface area contributed by atoms with Gasteiger partial charge < -0.3 is 20.1 Å². The molecule has 0 aromatic heterocycles. The van der Waals surface area contributed by atoms with Gasteiger partial charge in [-0.15, -0.1) is 0 Å². The van der Waals surface area contributed by atoms with Crippen LogP contribution in [0.1, 0.15) is 31.2 Å². The van der Waals surface area contributed by atoms with Crippen molar-refractivity contribution >= 4 is 6.09 Å². The van der Waals surface area contributed by atoms with Gasteiger partial charge in [0.1, 0.15) is 5.75 Å². The zero-order valence-corrected chi connectivity index (χ0v) is 13.0. The Morgan fingerprint density at radius 1 is 1.24 bits per heavy atom. The third-order valence-electron chi connectivity index (χ3n) is 3.38. The molecule has 0 aliphatic heterocycles. The highest BCUT2D eigenvalue weighted by atomic mass is 16.5. The number of para-hydroxylation sites is 1. The molecule has 5 nitrogen and oxygen atoms in total. The Morgan fingerprint density at radius 2 is 1.95 bits per heavy atom. The molecular formula is C16H26N2O3. The predicted molar refractivity (Wildman–Crippen MR) is 83.8 cm³/mol. The average Bonchev–Trinajstić information content (AvgIpc) is 2.46. The van der Waals surface area contributed by atoms with Gasteiger partial charge in [0.05, 0.1) is 7.11 Å². The van der Waals surface area contributed by atoms with Crippen molar-refractivity contribution in [2.24, 2.45) is 0 Å². The fourth-order valence-electron chi connectivity index (χ4n) is 2.26. The third kappa shape index (κ3) is 7.56. The summed E-state index contributed by atoms with van der Waals surface area (Å²) >= 11 is 0. The molecule has 0 saturated heterocycles. The maximum Gasteiger partial charge on any atom is 0.404 e. The topological polar surface area (TPSA) is 61.8 Å². The first-order valence-electron chi connectivity index (χ1n) is 7.40. The number of rotatable bonds is 10. The molecule has 0 aliphatic rings. The van der Waals surface area contributed by atoms with Gasteiger partial charge in [-0.2, -0.15) is 0 Å². The largest absolute Gasteiger partial charge is 0.496 e. The van der Waals surface area contributed by atoms with Gasteiger partial charge in [0.25, 0.3) is 0 Å². The molecule has 5 heteroatoms. The standard InChI is InChI=1S/C16H26N2O3/c1-18(12-8-4-3-7-11-17-16(19)20)13-14-9-5-6-10-15(14)21-2/h5-6,9-10,17H,3-4,7-8,11-13H2,1-2H3,(H,19,20). The Kier molecular flexibility index (Phi) is 8.28. The first-order valence-corrected chi connectivity index (χ1v) is 7.40. The highest BCUT2D eigenvalue weighted by Gasteiger charge is 2.05. The number of carbonyl (C=O) groups is 1. The van der Waals surface area contributed by atoms with Gasteiger partial charge in [-0.1, -0.05) is 31.0 Å². The van der Waals surface area contributed by atoms with Gasteiger partial charge in [0.15, 0.2) is 0 Å². The first-order chi connectivity index (χ1) is 10.1. The van der Waals surface area contributed by atoms with Crippen LogP contribution in [0.3, 0.4) is 0 Å². The fraction of sp³-hybridized carbons (Fsp3) is 0.562. The molecule has 21 heavy (non-hydrogen) atoms. The number of unbranched alkanes of at least 4 members (excludes halogenated alkanes) is 3. The summed E-state index contributed by atoms with van der Waals surface area (Å²) < 4.78 is 5.35. The van der Waals surface area contributed by atoms with E-state index in [4.69, 9.17) is 9.84 Å². The summed E-state index contributed by atoms with van der Waals surface area (Å²) in [5.41, 5.74) is 1.20. The average molecular weight is 294 g/mol. The number of nitrogens with one attached hydrogen (secondary N) is 1. The fourth-order valence-corrected chi connectivity index (χ4v) is 2.26. The Labute approximate surface area is 126 Å². The molecule has 0 spiro atoms. The van der Waals surface area contributed by atoms with Crippen LogP contribution >= 0.6 is 0 Å². The van der Waals surface area contributed by atoms with Crippen LogP contribution in [0.5, 0.6) is 5.75 Å². The Bertz CT molecular complexity index is 424. The van der Waals surface area contributed by atoms with Crippen LogP contribution in [0.2, 0.25) is 0 Å². The summed E-state index contributed by atoms with van der Waals surface area (Å²) in [6, 6.07) is 8.08.